The third-order valence-corrected chi connectivity index (χ3v) is 14.0. The van der Waals surface area contributed by atoms with Gasteiger partial charge in [0.25, 0.3) is 0 Å². The van der Waals surface area contributed by atoms with E-state index >= 15 is 17.6 Å². The van der Waals surface area contributed by atoms with Gasteiger partial charge in [0.05, 0.1) is 26.1 Å². The summed E-state index contributed by atoms with van der Waals surface area (Å²) < 4.78 is 815. The average molecular weight is 1730 g/mol. The Balaban J connectivity index is 2.38. The number of benzene rings is 2. The van der Waals surface area contributed by atoms with E-state index in [0.717, 1.165) is 0 Å². The third-order valence-electron chi connectivity index (χ3n) is 14.0. The zero-order chi connectivity index (χ0) is 87.0. The predicted octanol–water partition coefficient (Wildman–Crippen LogP) is 23.6. The summed E-state index contributed by atoms with van der Waals surface area (Å²) in [5.41, 5.74) is -5.52. The molecule has 2 nitrogen and oxygen atoms in total. The molecule has 60 heteroatoms. The van der Waals surface area contributed by atoms with Crippen molar-refractivity contribution in [2.45, 2.75) is 179 Å². The van der Waals surface area contributed by atoms with Crippen LogP contribution in [-0.4, -0.2) is 168 Å². The number of rotatable bonds is 35. The maximum atomic E-state index is 15.0. The summed E-state index contributed by atoms with van der Waals surface area (Å²) in [5, 5.41) is 0. The Morgan fingerprint density at radius 3 is 0.509 bits per heavy atom. The summed E-state index contributed by atoms with van der Waals surface area (Å²) in [6.07, 6.45) is -36.2. The van der Waals surface area contributed by atoms with Gasteiger partial charge in [-0.15, -0.1) is 0 Å². The van der Waals surface area contributed by atoms with Gasteiger partial charge in [0.1, 0.15) is 11.5 Å². The maximum absolute atomic E-state index is 15.0. The number of allylic oxidation sites excluding steroid dienone is 4. The summed E-state index contributed by atoms with van der Waals surface area (Å²) in [5.74, 6) is -220. The van der Waals surface area contributed by atoms with Crippen molar-refractivity contribution < 1.29 is 264 Å². The normalized spacial score (nSPS) is 16.5. The zero-order valence-electron chi connectivity index (χ0n) is 48.5. The largest absolute Gasteiger partial charge is 0.493 e. The Morgan fingerprint density at radius 1 is 0.185 bits per heavy atom. The lowest BCUT2D eigenvalue weighted by molar-refractivity contribution is -0.436. The second-order valence-electron chi connectivity index (χ2n) is 21.3. The lowest BCUT2D eigenvalue weighted by Gasteiger charge is -2.41. The van der Waals surface area contributed by atoms with Gasteiger partial charge in [-0.25, -0.2) is 0 Å². The number of alkyl halides is 58. The van der Waals surface area contributed by atoms with E-state index in [4.69, 9.17) is 0 Å². The first-order valence-electron chi connectivity index (χ1n) is 25.4. The highest BCUT2D eigenvalue weighted by molar-refractivity contribution is 5.36. The Bertz CT molecular complexity index is 3260. The summed E-state index contributed by atoms with van der Waals surface area (Å²) >= 11 is 0. The van der Waals surface area contributed by atoms with Crippen LogP contribution in [0.4, 0.5) is 255 Å². The highest BCUT2D eigenvalue weighted by Crippen LogP contribution is 2.67. The van der Waals surface area contributed by atoms with Crippen LogP contribution >= 0.6 is 0 Å². The van der Waals surface area contributed by atoms with E-state index in [-0.39, 0.29) is 0 Å². The Labute approximate surface area is 552 Å². The summed E-state index contributed by atoms with van der Waals surface area (Å²) in [6.45, 7) is -5.33. The number of hydrogen-bond acceptors (Lipinski definition) is 2. The molecule has 0 radical (unpaired) electrons. The van der Waals surface area contributed by atoms with Gasteiger partial charge in [0.2, 0.25) is 0 Å². The molecule has 0 aliphatic heterocycles. The van der Waals surface area contributed by atoms with Gasteiger partial charge in [-0.05, 0) is 72.8 Å². The van der Waals surface area contributed by atoms with Crippen molar-refractivity contribution in [3.05, 3.63) is 84.0 Å². The second kappa shape index (κ2) is 27.1. The van der Waals surface area contributed by atoms with Crippen LogP contribution in [-0.2, 0) is 11.8 Å². The highest BCUT2D eigenvalue weighted by Gasteiger charge is 2.95. The van der Waals surface area contributed by atoms with Crippen molar-refractivity contribution in [3.63, 3.8) is 0 Å². The average Bonchev–Trinajstić information content (AvgIpc) is 0.720. The van der Waals surface area contributed by atoms with E-state index < -0.39 is 288 Å². The molecule has 0 bridgehead atoms. The number of ether oxygens (including phenoxy) is 2. The molecule has 0 atom stereocenters. The van der Waals surface area contributed by atoms with Crippen LogP contribution < -0.4 is 9.47 Å². The monoisotopic (exact) mass is 1730 g/mol. The third kappa shape index (κ3) is 14.2. The molecule has 2 aromatic rings. The first kappa shape index (κ1) is 97.5. The molecule has 0 spiro atoms. The molecule has 0 aliphatic rings. The van der Waals surface area contributed by atoms with Crippen LogP contribution in [0.3, 0.4) is 0 Å². The fourth-order valence-electron chi connectivity index (χ4n) is 7.25. The van der Waals surface area contributed by atoms with Crippen LogP contribution in [0.2, 0.25) is 0 Å². The maximum Gasteiger partial charge on any atom is 0.460 e. The van der Waals surface area contributed by atoms with Gasteiger partial charge >= 0.3 is 166 Å². The number of hydrogen-bond donors (Lipinski definition) is 0. The van der Waals surface area contributed by atoms with Crippen LogP contribution in [0.5, 0.6) is 11.5 Å². The van der Waals surface area contributed by atoms with Gasteiger partial charge in [-0.1, -0.05) is 0 Å². The van der Waals surface area contributed by atoms with E-state index in [9.17, 15) is 237 Å². The van der Waals surface area contributed by atoms with E-state index in [0.29, 0.717) is 0 Å². The topological polar surface area (TPSA) is 18.5 Å². The Hall–Kier alpha value is -6.54. The van der Waals surface area contributed by atoms with E-state index in [1.165, 1.54) is 0 Å². The standard InChI is InChI=1S/C48H20F58O2/c49-21(50,9-11-23(53,54)31(69,70)41(89,90)43(93,94)45(97,98)47(101,102)103)29(65,66)37(81,82)39(85,86)33(73,74)25(57,58)13-15-107-19-5-1-17(2-6-19)27(61,62)35(77,78)36(79,80)28(63,64)18-3-7-20(8-4-18)108-16-14-26(59,60)34(75,76)40(87,88)38(83,84)30(67,68)22(51,52)10-12-24(55,56)32(71,72)42(91,92)44(95,96)46(99,100)48(104,105)106/h1-12H,13-16H2/b11-9+,12-10+. The summed E-state index contributed by atoms with van der Waals surface area (Å²) in [4.78, 5) is 0. The van der Waals surface area contributed by atoms with Crippen LogP contribution in [0, 0.1) is 0 Å². The molecule has 0 aromatic heterocycles. The fraction of sp³-hybridized carbons (Fsp3) is 0.667. The van der Waals surface area contributed by atoms with E-state index in [1.807, 2.05) is 0 Å². The van der Waals surface area contributed by atoms with E-state index in [1.54, 1.807) is 0 Å². The van der Waals surface area contributed by atoms with Crippen molar-refractivity contribution >= 4 is 0 Å². The van der Waals surface area contributed by atoms with E-state index in [2.05, 4.69) is 9.47 Å². The molecule has 2 rings (SSSR count). The molecule has 0 amide bonds. The lowest BCUT2D eigenvalue weighted by atomic mass is 9.89. The van der Waals surface area contributed by atoms with Crippen molar-refractivity contribution in [1.82, 2.24) is 0 Å². The molecular weight excluding hydrogens is 1710 g/mol. The van der Waals surface area contributed by atoms with Gasteiger partial charge in [0.15, 0.2) is 0 Å². The van der Waals surface area contributed by atoms with Gasteiger partial charge in [-0.3, -0.25) is 0 Å². The Kier molecular flexibility index (Phi) is 24.5. The van der Waals surface area contributed by atoms with Crippen LogP contribution in [0.1, 0.15) is 24.0 Å². The van der Waals surface area contributed by atoms with Crippen molar-refractivity contribution in [3.8, 4) is 11.5 Å². The van der Waals surface area contributed by atoms with Crippen LogP contribution in [0.25, 0.3) is 0 Å². The molecule has 0 aliphatic carbocycles. The molecule has 0 saturated heterocycles. The van der Waals surface area contributed by atoms with Gasteiger partial charge in [-0.2, -0.15) is 255 Å². The van der Waals surface area contributed by atoms with Gasteiger partial charge < -0.3 is 9.47 Å². The minimum absolute atomic E-state index is 0.482. The minimum Gasteiger partial charge on any atom is -0.493 e. The van der Waals surface area contributed by atoms with Gasteiger partial charge in [0, 0.05) is 11.1 Å². The SMILES string of the molecule is FC(F)(F)C(F)(F)C(F)(F)C(F)(F)C(F)(F)C(F)(F)/C=C/C(F)(F)C(F)(F)C(F)(F)C(F)(F)C(F)(F)C(F)(F)CCOc1ccc(C(F)(F)C(F)(F)C(F)(F)C(F)(F)c2ccc(OCCC(F)(F)C(F)(F)C(F)(F)C(F)(F)C(F)(F)C(F)(F)/C=C/C(F)(F)C(F)(F)C(F)(F)C(F)(F)C(F)(F)C(F)(F)F)cc2)cc1. The first-order valence-corrected chi connectivity index (χ1v) is 25.4. The zero-order valence-corrected chi connectivity index (χ0v) is 48.5. The molecule has 630 valence electrons. The Morgan fingerprint density at radius 2 is 0.343 bits per heavy atom. The molecular formula is C48H20F58O2. The first-order chi connectivity index (χ1) is 46.5. The molecule has 0 heterocycles. The van der Waals surface area contributed by atoms with Crippen molar-refractivity contribution in [2.75, 3.05) is 13.2 Å². The van der Waals surface area contributed by atoms with Crippen LogP contribution in [0.15, 0.2) is 72.8 Å². The highest BCUT2D eigenvalue weighted by atomic mass is 19.5. The lowest BCUT2D eigenvalue weighted by Crippen LogP contribution is -2.70. The predicted molar refractivity (Wildman–Crippen MR) is 230 cm³/mol. The fourth-order valence-corrected chi connectivity index (χ4v) is 7.25. The minimum atomic E-state index is -9.05. The molecule has 108 heavy (non-hydrogen) atoms. The molecule has 0 unspecified atom stereocenters. The summed E-state index contributed by atoms with van der Waals surface area (Å²) in [6, 6.07) is -5.00. The smallest absolute Gasteiger partial charge is 0.460 e. The van der Waals surface area contributed by atoms with Crippen molar-refractivity contribution in [1.29, 1.82) is 0 Å². The second-order valence-corrected chi connectivity index (χ2v) is 21.3. The quantitative estimate of drug-likeness (QED) is 0.0506. The summed E-state index contributed by atoms with van der Waals surface area (Å²) in [7, 11) is 0. The number of halogens is 58. The molecule has 0 saturated carbocycles. The molecule has 0 N–H and O–H groups in total. The molecule has 0 fully saturated rings. The van der Waals surface area contributed by atoms with Crippen molar-refractivity contribution in [2.24, 2.45) is 0 Å². The molecule has 2 aromatic carbocycles.